The van der Waals surface area contributed by atoms with E-state index in [2.05, 4.69) is 5.32 Å². The van der Waals surface area contributed by atoms with Crippen molar-refractivity contribution in [2.45, 2.75) is 19.4 Å². The van der Waals surface area contributed by atoms with Crippen LogP contribution in [0.4, 0.5) is 0 Å². The van der Waals surface area contributed by atoms with Gasteiger partial charge in [-0.05, 0) is 43.7 Å². The minimum atomic E-state index is 0.0680. The second-order valence-corrected chi connectivity index (χ2v) is 4.93. The predicted molar refractivity (Wildman–Crippen MR) is 69.6 cm³/mol. The van der Waals surface area contributed by atoms with E-state index in [9.17, 15) is 4.79 Å². The van der Waals surface area contributed by atoms with Crippen LogP contribution in [0, 0.1) is 6.92 Å². The SMILES string of the molecule is Cc1cc(C(=O)N(C)C2CCNC2)ccc1Cl. The largest absolute Gasteiger partial charge is 0.337 e. The van der Waals surface area contributed by atoms with E-state index in [4.69, 9.17) is 11.6 Å². The van der Waals surface area contributed by atoms with Gasteiger partial charge in [-0.25, -0.2) is 0 Å². The highest BCUT2D eigenvalue weighted by Gasteiger charge is 2.24. The van der Waals surface area contributed by atoms with Gasteiger partial charge in [-0.1, -0.05) is 11.6 Å². The fourth-order valence-corrected chi connectivity index (χ4v) is 2.23. The van der Waals surface area contributed by atoms with Crippen LogP contribution in [0.3, 0.4) is 0 Å². The molecule has 4 heteroatoms. The zero-order chi connectivity index (χ0) is 12.4. The van der Waals surface area contributed by atoms with Crippen LogP contribution in [0.25, 0.3) is 0 Å². The molecule has 1 fully saturated rings. The molecule has 1 N–H and O–H groups in total. The molecule has 17 heavy (non-hydrogen) atoms. The third-order valence-corrected chi connectivity index (χ3v) is 3.73. The summed E-state index contributed by atoms with van der Waals surface area (Å²) in [4.78, 5) is 14.1. The van der Waals surface area contributed by atoms with E-state index in [1.807, 2.05) is 24.9 Å². The third-order valence-electron chi connectivity index (χ3n) is 3.31. The van der Waals surface area contributed by atoms with Crippen molar-refractivity contribution in [3.05, 3.63) is 34.3 Å². The Morgan fingerprint density at radius 3 is 2.88 bits per heavy atom. The summed E-state index contributed by atoms with van der Waals surface area (Å²) in [5.74, 6) is 0.0680. The molecule has 1 aromatic carbocycles. The maximum atomic E-state index is 12.3. The quantitative estimate of drug-likeness (QED) is 0.874. The standard InChI is InChI=1S/C13H17ClN2O/c1-9-7-10(3-4-12(9)14)13(17)16(2)11-5-6-15-8-11/h3-4,7,11,15H,5-6,8H2,1-2H3. The van der Waals surface area contributed by atoms with Gasteiger partial charge >= 0.3 is 0 Å². The molecule has 1 unspecified atom stereocenters. The number of hydrogen-bond donors (Lipinski definition) is 1. The van der Waals surface area contributed by atoms with Crippen molar-refractivity contribution in [3.8, 4) is 0 Å². The summed E-state index contributed by atoms with van der Waals surface area (Å²) in [7, 11) is 1.87. The number of likely N-dealkylation sites (N-methyl/N-ethyl adjacent to an activating group) is 1. The average Bonchev–Trinajstić information content (AvgIpc) is 2.84. The predicted octanol–water partition coefficient (Wildman–Crippen LogP) is 2.08. The van der Waals surface area contributed by atoms with E-state index >= 15 is 0 Å². The number of amides is 1. The Kier molecular flexibility index (Phi) is 3.69. The lowest BCUT2D eigenvalue weighted by molar-refractivity contribution is 0.0743. The first-order valence-corrected chi connectivity index (χ1v) is 6.21. The fraction of sp³-hybridized carbons (Fsp3) is 0.462. The average molecular weight is 253 g/mol. The van der Waals surface area contributed by atoms with E-state index in [1.165, 1.54) is 0 Å². The van der Waals surface area contributed by atoms with Crippen molar-refractivity contribution in [1.29, 1.82) is 0 Å². The van der Waals surface area contributed by atoms with Crippen LogP contribution in [0.15, 0.2) is 18.2 Å². The highest BCUT2D eigenvalue weighted by atomic mass is 35.5. The normalized spacial score (nSPS) is 19.4. The van der Waals surface area contributed by atoms with Crippen LogP contribution in [-0.2, 0) is 0 Å². The molecule has 1 saturated heterocycles. The Labute approximate surface area is 107 Å². The highest BCUT2D eigenvalue weighted by molar-refractivity contribution is 6.31. The second-order valence-electron chi connectivity index (χ2n) is 4.53. The van der Waals surface area contributed by atoms with Gasteiger partial charge in [0.1, 0.15) is 0 Å². The molecule has 1 amide bonds. The molecule has 92 valence electrons. The van der Waals surface area contributed by atoms with Gasteiger partial charge < -0.3 is 10.2 Å². The van der Waals surface area contributed by atoms with Crippen molar-refractivity contribution in [1.82, 2.24) is 10.2 Å². The lowest BCUT2D eigenvalue weighted by Gasteiger charge is -2.24. The maximum Gasteiger partial charge on any atom is 0.253 e. The maximum absolute atomic E-state index is 12.3. The van der Waals surface area contributed by atoms with E-state index in [1.54, 1.807) is 12.1 Å². The van der Waals surface area contributed by atoms with E-state index < -0.39 is 0 Å². The van der Waals surface area contributed by atoms with E-state index in [-0.39, 0.29) is 5.91 Å². The molecule has 1 aliphatic rings. The van der Waals surface area contributed by atoms with E-state index in [0.717, 1.165) is 25.1 Å². The van der Waals surface area contributed by atoms with Crippen molar-refractivity contribution >= 4 is 17.5 Å². The molecule has 0 radical (unpaired) electrons. The van der Waals surface area contributed by atoms with Crippen LogP contribution in [0.2, 0.25) is 5.02 Å². The molecule has 1 aromatic rings. The Bertz CT molecular complexity index is 427. The summed E-state index contributed by atoms with van der Waals surface area (Å²) in [6.07, 6.45) is 1.02. The zero-order valence-corrected chi connectivity index (χ0v) is 10.9. The lowest BCUT2D eigenvalue weighted by Crippen LogP contribution is -2.38. The fourth-order valence-electron chi connectivity index (χ4n) is 2.12. The molecule has 0 bridgehead atoms. The Morgan fingerprint density at radius 2 is 2.29 bits per heavy atom. The molecule has 3 nitrogen and oxygen atoms in total. The van der Waals surface area contributed by atoms with Crippen LogP contribution in [0.1, 0.15) is 22.3 Å². The molecule has 1 aliphatic heterocycles. The van der Waals surface area contributed by atoms with Gasteiger partial charge in [0.25, 0.3) is 5.91 Å². The molecule has 0 saturated carbocycles. The number of benzene rings is 1. The summed E-state index contributed by atoms with van der Waals surface area (Å²) in [5, 5.41) is 3.97. The zero-order valence-electron chi connectivity index (χ0n) is 10.2. The summed E-state index contributed by atoms with van der Waals surface area (Å²) in [6.45, 7) is 3.78. The van der Waals surface area contributed by atoms with Crippen LogP contribution in [-0.4, -0.2) is 37.0 Å². The molecule has 2 rings (SSSR count). The molecular weight excluding hydrogens is 236 g/mol. The monoisotopic (exact) mass is 252 g/mol. The van der Waals surface area contributed by atoms with Gasteiger partial charge in [-0.3, -0.25) is 4.79 Å². The minimum Gasteiger partial charge on any atom is -0.337 e. The molecule has 0 spiro atoms. The second kappa shape index (κ2) is 5.07. The number of halogens is 1. The number of aryl methyl sites for hydroxylation is 1. The first kappa shape index (κ1) is 12.4. The van der Waals surface area contributed by atoms with E-state index in [0.29, 0.717) is 16.6 Å². The molecule has 1 atom stereocenters. The van der Waals surface area contributed by atoms with Crippen LogP contribution in [0.5, 0.6) is 0 Å². The number of nitrogens with zero attached hydrogens (tertiary/aromatic N) is 1. The van der Waals surface area contributed by atoms with Crippen molar-refractivity contribution in [2.75, 3.05) is 20.1 Å². The number of carbonyl (C=O) groups is 1. The number of carbonyl (C=O) groups excluding carboxylic acids is 1. The minimum absolute atomic E-state index is 0.0680. The summed E-state index contributed by atoms with van der Waals surface area (Å²) in [6, 6.07) is 5.73. The first-order chi connectivity index (χ1) is 8.09. The van der Waals surface area contributed by atoms with Gasteiger partial charge in [0, 0.05) is 30.2 Å². The summed E-state index contributed by atoms with van der Waals surface area (Å²) in [5.41, 5.74) is 1.65. The van der Waals surface area contributed by atoms with Crippen LogP contribution < -0.4 is 5.32 Å². The van der Waals surface area contributed by atoms with Crippen LogP contribution >= 0.6 is 11.6 Å². The molecule has 1 heterocycles. The van der Waals surface area contributed by atoms with Crippen molar-refractivity contribution < 1.29 is 4.79 Å². The Morgan fingerprint density at radius 1 is 1.53 bits per heavy atom. The van der Waals surface area contributed by atoms with Gasteiger partial charge in [0.05, 0.1) is 0 Å². The lowest BCUT2D eigenvalue weighted by atomic mass is 10.1. The first-order valence-electron chi connectivity index (χ1n) is 5.83. The topological polar surface area (TPSA) is 32.3 Å². The smallest absolute Gasteiger partial charge is 0.253 e. The van der Waals surface area contributed by atoms with Gasteiger partial charge in [0.15, 0.2) is 0 Å². The summed E-state index contributed by atoms with van der Waals surface area (Å²) >= 11 is 5.96. The third kappa shape index (κ3) is 2.61. The van der Waals surface area contributed by atoms with Gasteiger partial charge in [-0.15, -0.1) is 0 Å². The van der Waals surface area contributed by atoms with Gasteiger partial charge in [0.2, 0.25) is 0 Å². The Balaban J connectivity index is 2.15. The van der Waals surface area contributed by atoms with Crippen molar-refractivity contribution in [3.63, 3.8) is 0 Å². The number of rotatable bonds is 2. The van der Waals surface area contributed by atoms with Crippen molar-refractivity contribution in [2.24, 2.45) is 0 Å². The molecular formula is C13H17ClN2O. The molecule has 0 aromatic heterocycles. The number of nitrogens with one attached hydrogen (secondary N) is 1. The summed E-state index contributed by atoms with van der Waals surface area (Å²) < 4.78 is 0. The number of hydrogen-bond acceptors (Lipinski definition) is 2. The molecule has 0 aliphatic carbocycles. The Hall–Kier alpha value is -1.06. The highest BCUT2D eigenvalue weighted by Crippen LogP contribution is 2.18. The van der Waals surface area contributed by atoms with Gasteiger partial charge in [-0.2, -0.15) is 0 Å².